The van der Waals surface area contributed by atoms with Crippen molar-refractivity contribution in [3.8, 4) is 22.5 Å². The highest BCUT2D eigenvalue weighted by Crippen LogP contribution is 2.30. The Kier molecular flexibility index (Phi) is 5.32. The summed E-state index contributed by atoms with van der Waals surface area (Å²) in [7, 11) is 0. The second-order valence-corrected chi connectivity index (χ2v) is 6.81. The fourth-order valence-electron chi connectivity index (χ4n) is 3.09. The van der Waals surface area contributed by atoms with Crippen LogP contribution < -0.4 is 4.90 Å². The molecule has 3 rings (SSSR count). The van der Waals surface area contributed by atoms with E-state index < -0.39 is 32.3 Å². The van der Waals surface area contributed by atoms with E-state index in [1.807, 2.05) is 60.7 Å². The molecule has 0 aliphatic heterocycles. The van der Waals surface area contributed by atoms with E-state index in [2.05, 4.69) is 9.97 Å². The number of carboxylic acid groups (broad SMARTS) is 1. The number of carbonyl (C=O) groups is 1. The van der Waals surface area contributed by atoms with Gasteiger partial charge in [-0.3, -0.25) is 4.98 Å². The number of aromatic nitrogens is 2. The van der Waals surface area contributed by atoms with Crippen molar-refractivity contribution >= 4 is 11.8 Å². The van der Waals surface area contributed by atoms with Crippen LogP contribution in [0.5, 0.6) is 0 Å². The molecule has 1 aromatic heterocycles. The summed E-state index contributed by atoms with van der Waals surface area (Å²) in [5.74, 6) is -1.19. The Morgan fingerprint density at radius 1 is 1.06 bits per heavy atom. The second kappa shape index (κ2) is 11.2. The van der Waals surface area contributed by atoms with Crippen molar-refractivity contribution in [3.05, 3.63) is 66.9 Å². The number of ether oxygens (including phenoxy) is 1. The molecule has 0 spiro atoms. The number of hydrogen-bond donors (Lipinski definition) is 1. The number of anilines is 1. The molecule has 6 heteroatoms. The molecule has 0 aliphatic rings. The van der Waals surface area contributed by atoms with Gasteiger partial charge in [0.05, 0.1) is 19.0 Å². The van der Waals surface area contributed by atoms with E-state index in [1.54, 1.807) is 0 Å². The molecule has 0 fully saturated rings. The highest BCUT2D eigenvalue weighted by atomic mass is 16.5. The number of unbranched alkanes of at least 4 members (excludes halogenated alkanes) is 1. The molecule has 0 saturated carbocycles. The van der Waals surface area contributed by atoms with Crippen LogP contribution in [0.4, 0.5) is 5.82 Å². The van der Waals surface area contributed by atoms with Gasteiger partial charge in [0.2, 0.25) is 0 Å². The van der Waals surface area contributed by atoms with Crippen LogP contribution in [0.15, 0.2) is 66.9 Å². The molecule has 2 aromatic carbocycles. The normalized spacial score (nSPS) is 15.4. The number of nitrogens with zero attached hydrogens (tertiary/aromatic N) is 3. The average molecular weight is 428 g/mol. The fourth-order valence-corrected chi connectivity index (χ4v) is 3.09. The molecule has 0 bridgehead atoms. The summed E-state index contributed by atoms with van der Waals surface area (Å²) >= 11 is 0. The number of carboxylic acids is 1. The van der Waals surface area contributed by atoms with Crippen molar-refractivity contribution in [2.45, 2.75) is 32.6 Å². The lowest BCUT2D eigenvalue weighted by Crippen LogP contribution is -2.33. The van der Waals surface area contributed by atoms with Gasteiger partial charge in [0.15, 0.2) is 0 Å². The molecule has 162 valence electrons. The molecular formula is C25H29N3O3. The zero-order valence-electron chi connectivity index (χ0n) is 24.0. The number of rotatable bonds is 11. The van der Waals surface area contributed by atoms with E-state index >= 15 is 0 Å². The van der Waals surface area contributed by atoms with Gasteiger partial charge in [-0.1, -0.05) is 60.7 Å². The van der Waals surface area contributed by atoms with Gasteiger partial charge in [0, 0.05) is 38.5 Å². The van der Waals surface area contributed by atoms with Crippen molar-refractivity contribution in [1.82, 2.24) is 9.97 Å². The van der Waals surface area contributed by atoms with Gasteiger partial charge < -0.3 is 14.7 Å². The van der Waals surface area contributed by atoms with Crippen molar-refractivity contribution in [2.75, 3.05) is 24.7 Å². The Balaban J connectivity index is 2.10. The lowest BCUT2D eigenvalue weighted by atomic mass is 10.0. The Morgan fingerprint density at radius 2 is 1.71 bits per heavy atom. The van der Waals surface area contributed by atoms with Gasteiger partial charge in [-0.25, -0.2) is 9.78 Å². The molecule has 0 amide bonds. The lowest BCUT2D eigenvalue weighted by Gasteiger charge is -2.28. The summed E-state index contributed by atoms with van der Waals surface area (Å²) in [6.45, 7) is -7.04. The van der Waals surface area contributed by atoms with Crippen LogP contribution >= 0.6 is 0 Å². The van der Waals surface area contributed by atoms with Crippen LogP contribution in [-0.4, -0.2) is 46.8 Å². The maximum absolute atomic E-state index is 10.7. The minimum atomic E-state index is -3.23. The Morgan fingerprint density at radius 3 is 2.32 bits per heavy atom. The summed E-state index contributed by atoms with van der Waals surface area (Å²) in [6.07, 6.45) is 1.81. The van der Waals surface area contributed by atoms with E-state index in [-0.39, 0.29) is 25.4 Å². The van der Waals surface area contributed by atoms with E-state index in [0.717, 1.165) is 10.5 Å². The summed E-state index contributed by atoms with van der Waals surface area (Å²) < 4.78 is 61.9. The summed E-state index contributed by atoms with van der Waals surface area (Å²) in [5.41, 5.74) is 2.36. The van der Waals surface area contributed by atoms with Crippen LogP contribution in [0, 0.1) is 0 Å². The highest BCUT2D eigenvalue weighted by Gasteiger charge is 2.17. The SMILES string of the molecule is [2H]C([2H])([2H])C([2H])(N(CCCCOC[13C](=O)O)c1cnc(-c2ccccc2)c(-c2ccccc2)n1)C([2H])([2H])[2H]. The van der Waals surface area contributed by atoms with Gasteiger partial charge >= 0.3 is 5.97 Å². The Labute approximate surface area is 193 Å². The van der Waals surface area contributed by atoms with Gasteiger partial charge in [0.1, 0.15) is 12.4 Å². The molecule has 1 heterocycles. The summed E-state index contributed by atoms with van der Waals surface area (Å²) in [6, 6.07) is 15.3. The smallest absolute Gasteiger partial charge is 0.329 e. The molecule has 0 aliphatic carbocycles. The predicted molar refractivity (Wildman–Crippen MR) is 123 cm³/mol. The first-order valence-corrected chi connectivity index (χ1v) is 9.91. The molecule has 31 heavy (non-hydrogen) atoms. The molecule has 3 aromatic rings. The predicted octanol–water partition coefficient (Wildman–Crippen LogP) is 4.91. The molecule has 6 nitrogen and oxygen atoms in total. The topological polar surface area (TPSA) is 75.5 Å². The Hall–Kier alpha value is -3.25. The zero-order valence-corrected chi connectivity index (χ0v) is 17.0. The van der Waals surface area contributed by atoms with Gasteiger partial charge in [-0.05, 0) is 26.5 Å². The first kappa shape index (κ1) is 14.7. The monoisotopic (exact) mass is 427 g/mol. The quantitative estimate of drug-likeness (QED) is 0.346. The van der Waals surface area contributed by atoms with Crippen LogP contribution in [0.25, 0.3) is 22.5 Å². The first-order valence-electron chi connectivity index (χ1n) is 13.4. The van der Waals surface area contributed by atoms with Gasteiger partial charge in [0.25, 0.3) is 0 Å². The van der Waals surface area contributed by atoms with Gasteiger partial charge in [-0.15, -0.1) is 0 Å². The number of hydrogen-bond acceptors (Lipinski definition) is 5. The van der Waals surface area contributed by atoms with Crippen LogP contribution in [-0.2, 0) is 9.53 Å². The van der Waals surface area contributed by atoms with Crippen molar-refractivity contribution < 1.29 is 24.2 Å². The number of benzene rings is 2. The molecule has 0 atom stereocenters. The zero-order chi connectivity index (χ0) is 28.0. The third-order valence-electron chi connectivity index (χ3n) is 4.55. The fraction of sp³-hybridized carbons (Fsp3) is 0.320. The first-order chi connectivity index (χ1) is 17.9. The van der Waals surface area contributed by atoms with Crippen molar-refractivity contribution in [1.29, 1.82) is 0 Å². The van der Waals surface area contributed by atoms with Gasteiger partial charge in [-0.2, -0.15) is 0 Å². The maximum atomic E-state index is 10.7. The van der Waals surface area contributed by atoms with E-state index in [9.17, 15) is 4.79 Å². The lowest BCUT2D eigenvalue weighted by molar-refractivity contribution is -0.142. The van der Waals surface area contributed by atoms with Crippen molar-refractivity contribution in [3.63, 3.8) is 0 Å². The number of aliphatic carboxylic acids is 1. The third-order valence-corrected chi connectivity index (χ3v) is 4.55. The molecule has 0 saturated heterocycles. The highest BCUT2D eigenvalue weighted by molar-refractivity contribution is 5.78. The van der Waals surface area contributed by atoms with E-state index in [4.69, 9.17) is 19.4 Å². The largest absolute Gasteiger partial charge is 0.480 e. The van der Waals surface area contributed by atoms with Crippen LogP contribution in [0.1, 0.15) is 36.1 Å². The van der Waals surface area contributed by atoms with Crippen LogP contribution in [0.3, 0.4) is 0 Å². The second-order valence-electron chi connectivity index (χ2n) is 6.81. The van der Waals surface area contributed by atoms with E-state index in [0.29, 0.717) is 23.4 Å². The molecule has 0 radical (unpaired) electrons. The Bertz CT molecular complexity index is 1190. The standard InChI is InChI=1S/C25H29N3O3/c1-19(2)28(15-9-10-16-31-18-23(29)30)22-17-26-24(20-11-5-3-6-12-20)25(27-22)21-13-7-4-8-14-21/h3-8,11-14,17,19H,9-10,15-16,18H2,1-2H3,(H,29,30)/i1D3,2D3,19D,23+1. The summed E-state index contributed by atoms with van der Waals surface area (Å²) in [5, 5.41) is 8.72. The third kappa shape index (κ3) is 6.36. The van der Waals surface area contributed by atoms with E-state index in [1.165, 1.54) is 6.20 Å². The average Bonchev–Trinajstić information content (AvgIpc) is 2.87. The van der Waals surface area contributed by atoms with Crippen LogP contribution in [0.2, 0.25) is 0 Å². The molecule has 1 N–H and O–H groups in total. The molecular weight excluding hydrogens is 391 g/mol. The maximum Gasteiger partial charge on any atom is 0.329 e. The summed E-state index contributed by atoms with van der Waals surface area (Å²) in [4.78, 5) is 20.9. The minimum absolute atomic E-state index is 0.0700. The minimum Gasteiger partial charge on any atom is -0.480 e. The molecule has 0 unspecified atom stereocenters. The van der Waals surface area contributed by atoms with Crippen molar-refractivity contribution in [2.24, 2.45) is 0 Å².